The van der Waals surface area contributed by atoms with E-state index in [-0.39, 0.29) is 23.3 Å². The quantitative estimate of drug-likeness (QED) is 0.321. The van der Waals surface area contributed by atoms with Crippen LogP contribution in [0.15, 0.2) is 77.7 Å². The molecule has 0 saturated carbocycles. The van der Waals surface area contributed by atoms with Crippen LogP contribution in [0.25, 0.3) is 0 Å². The van der Waals surface area contributed by atoms with Crippen LogP contribution in [0.2, 0.25) is 5.02 Å². The second kappa shape index (κ2) is 13.7. The highest BCUT2D eigenvalue weighted by Crippen LogP contribution is 2.28. The molecular weight excluding hydrogens is 550 g/mol. The van der Waals surface area contributed by atoms with Crippen molar-refractivity contribution in [2.24, 2.45) is 5.92 Å². The number of benzene rings is 3. The Morgan fingerprint density at radius 3 is 2.27 bits per heavy atom. The fraction of sp³-hybridized carbons (Fsp3) is 0.333. The molecule has 0 spiro atoms. The number of para-hydroxylation sites is 1. The fourth-order valence-corrected chi connectivity index (χ4v) is 5.70. The highest BCUT2D eigenvalue weighted by atomic mass is 35.5. The van der Waals surface area contributed by atoms with Crippen molar-refractivity contribution in [2.45, 2.75) is 45.2 Å². The number of amides is 2. The Hall–Kier alpha value is -3.56. The van der Waals surface area contributed by atoms with E-state index in [0.29, 0.717) is 28.6 Å². The van der Waals surface area contributed by atoms with Crippen LogP contribution in [-0.4, -0.2) is 51.4 Å². The highest BCUT2D eigenvalue weighted by Gasteiger charge is 2.33. The van der Waals surface area contributed by atoms with Crippen LogP contribution in [0.4, 0.5) is 5.69 Å². The molecule has 1 atom stereocenters. The number of carbonyl (C=O) groups is 2. The summed E-state index contributed by atoms with van der Waals surface area (Å²) in [7, 11) is -2.62. The van der Waals surface area contributed by atoms with Crippen molar-refractivity contribution in [1.29, 1.82) is 0 Å². The summed E-state index contributed by atoms with van der Waals surface area (Å²) in [5, 5.41) is 3.27. The number of anilines is 1. The predicted octanol–water partition coefficient (Wildman–Crippen LogP) is 5.04. The van der Waals surface area contributed by atoms with Crippen molar-refractivity contribution in [2.75, 3.05) is 24.5 Å². The van der Waals surface area contributed by atoms with Gasteiger partial charge in [-0.15, -0.1) is 0 Å². The van der Waals surface area contributed by atoms with E-state index in [2.05, 4.69) is 5.32 Å². The molecule has 2 amide bonds. The maximum absolute atomic E-state index is 14.0. The fourth-order valence-electron chi connectivity index (χ4n) is 4.09. The molecule has 0 radical (unpaired) electrons. The molecule has 3 aromatic carbocycles. The smallest absolute Gasteiger partial charge is 0.264 e. The van der Waals surface area contributed by atoms with E-state index >= 15 is 0 Å². The molecule has 0 aliphatic carbocycles. The third-order valence-electron chi connectivity index (χ3n) is 6.40. The van der Waals surface area contributed by atoms with Crippen molar-refractivity contribution in [3.8, 4) is 5.75 Å². The summed E-state index contributed by atoms with van der Waals surface area (Å²) in [6.07, 6.45) is 0. The molecule has 0 heterocycles. The summed E-state index contributed by atoms with van der Waals surface area (Å²) >= 11 is 6.00. The van der Waals surface area contributed by atoms with Crippen LogP contribution < -0.4 is 14.4 Å². The Labute approximate surface area is 241 Å². The topological polar surface area (TPSA) is 96.0 Å². The number of hydrogen-bond acceptors (Lipinski definition) is 5. The second-order valence-corrected chi connectivity index (χ2v) is 12.2. The number of nitrogens with one attached hydrogen (secondary N) is 1. The first-order valence-electron chi connectivity index (χ1n) is 13.0. The first-order valence-corrected chi connectivity index (χ1v) is 14.8. The molecule has 0 aliphatic heterocycles. The zero-order chi connectivity index (χ0) is 29.4. The number of halogens is 1. The third kappa shape index (κ3) is 7.76. The van der Waals surface area contributed by atoms with Crippen molar-refractivity contribution in [3.63, 3.8) is 0 Å². The number of carbonyl (C=O) groups excluding carboxylic acids is 2. The summed E-state index contributed by atoms with van der Waals surface area (Å²) in [5.41, 5.74) is 1.78. The van der Waals surface area contributed by atoms with Gasteiger partial charge in [0.2, 0.25) is 11.8 Å². The number of methoxy groups -OCH3 is 1. The zero-order valence-electron chi connectivity index (χ0n) is 23.4. The van der Waals surface area contributed by atoms with Gasteiger partial charge in [-0.2, -0.15) is 0 Å². The number of sulfonamides is 1. The molecule has 10 heteroatoms. The lowest BCUT2D eigenvalue weighted by Gasteiger charge is -2.32. The summed E-state index contributed by atoms with van der Waals surface area (Å²) in [5.74, 6) is -0.0304. The number of hydrogen-bond donors (Lipinski definition) is 1. The summed E-state index contributed by atoms with van der Waals surface area (Å²) in [4.78, 5) is 28.5. The monoisotopic (exact) mass is 585 g/mol. The molecular formula is C30H36ClN3O5S. The predicted molar refractivity (Wildman–Crippen MR) is 158 cm³/mol. The molecule has 0 aromatic heterocycles. The Morgan fingerprint density at radius 2 is 1.65 bits per heavy atom. The van der Waals surface area contributed by atoms with Gasteiger partial charge < -0.3 is 15.0 Å². The first-order chi connectivity index (χ1) is 18.9. The van der Waals surface area contributed by atoms with Crippen molar-refractivity contribution >= 4 is 39.1 Å². The minimum absolute atomic E-state index is 0.00461. The summed E-state index contributed by atoms with van der Waals surface area (Å²) in [6, 6.07) is 19.1. The van der Waals surface area contributed by atoms with Crippen LogP contribution in [0.1, 0.15) is 31.9 Å². The molecule has 8 nitrogen and oxygen atoms in total. The zero-order valence-corrected chi connectivity index (χ0v) is 25.0. The number of ether oxygens (including phenoxy) is 1. The lowest BCUT2D eigenvalue weighted by Crippen LogP contribution is -2.51. The molecule has 1 N–H and O–H groups in total. The van der Waals surface area contributed by atoms with Crippen molar-refractivity contribution in [3.05, 3.63) is 88.9 Å². The Morgan fingerprint density at radius 1 is 0.975 bits per heavy atom. The third-order valence-corrected chi connectivity index (χ3v) is 8.43. The van der Waals surface area contributed by atoms with E-state index in [1.54, 1.807) is 63.4 Å². The minimum atomic E-state index is -4.17. The normalized spacial score (nSPS) is 12.1. The van der Waals surface area contributed by atoms with Gasteiger partial charge in [-0.3, -0.25) is 13.9 Å². The van der Waals surface area contributed by atoms with Gasteiger partial charge in [0.05, 0.1) is 17.7 Å². The Balaban J connectivity index is 2.03. The van der Waals surface area contributed by atoms with E-state index in [0.717, 1.165) is 9.87 Å². The van der Waals surface area contributed by atoms with Gasteiger partial charge in [-0.1, -0.05) is 55.8 Å². The van der Waals surface area contributed by atoms with Gasteiger partial charge in [0, 0.05) is 18.1 Å². The van der Waals surface area contributed by atoms with Crippen molar-refractivity contribution < 1.29 is 22.7 Å². The molecule has 0 bridgehead atoms. The molecule has 214 valence electrons. The maximum Gasteiger partial charge on any atom is 0.264 e. The SMILES string of the molecule is COc1cccc(CN(C(=O)CN(c2ccccc2C)S(=O)(=O)c2ccc(Cl)cc2)[C@@H](C)C(=O)NCC(C)C)c1. The molecule has 40 heavy (non-hydrogen) atoms. The van der Waals surface area contributed by atoms with Gasteiger partial charge in [-0.05, 0) is 73.4 Å². The van der Waals surface area contributed by atoms with E-state index in [4.69, 9.17) is 16.3 Å². The average Bonchev–Trinajstić information content (AvgIpc) is 2.93. The van der Waals surface area contributed by atoms with E-state index < -0.39 is 28.5 Å². The first kappa shape index (κ1) is 31.0. The molecule has 0 unspecified atom stereocenters. The molecule has 0 saturated heterocycles. The Bertz CT molecular complexity index is 1430. The average molecular weight is 586 g/mol. The summed E-state index contributed by atoms with van der Waals surface area (Å²) in [6.45, 7) is 7.39. The van der Waals surface area contributed by atoms with E-state index in [1.807, 2.05) is 19.9 Å². The van der Waals surface area contributed by atoms with Gasteiger partial charge in [-0.25, -0.2) is 8.42 Å². The van der Waals surface area contributed by atoms with Crippen LogP contribution in [0.5, 0.6) is 5.75 Å². The largest absolute Gasteiger partial charge is 0.497 e. The minimum Gasteiger partial charge on any atom is -0.497 e. The van der Waals surface area contributed by atoms with Gasteiger partial charge in [0.1, 0.15) is 18.3 Å². The molecule has 0 fully saturated rings. The van der Waals surface area contributed by atoms with Gasteiger partial charge in [0.25, 0.3) is 10.0 Å². The van der Waals surface area contributed by atoms with Gasteiger partial charge in [0.15, 0.2) is 0 Å². The highest BCUT2D eigenvalue weighted by molar-refractivity contribution is 7.92. The molecule has 3 aromatic rings. The van der Waals surface area contributed by atoms with E-state index in [1.165, 1.54) is 29.2 Å². The number of rotatable bonds is 12. The molecule has 0 aliphatic rings. The lowest BCUT2D eigenvalue weighted by atomic mass is 10.1. The van der Waals surface area contributed by atoms with E-state index in [9.17, 15) is 18.0 Å². The number of aryl methyl sites for hydroxylation is 1. The standard InChI is InChI=1S/C30H36ClN3O5S/c1-21(2)18-32-30(36)23(4)33(19-24-10-8-11-26(17-24)39-5)29(35)20-34(28-12-7-6-9-22(28)3)40(37,38)27-15-13-25(31)14-16-27/h6-17,21,23H,18-20H2,1-5H3,(H,32,36)/t23-/m0/s1. The summed E-state index contributed by atoms with van der Waals surface area (Å²) < 4.78 is 34.2. The van der Waals surface area contributed by atoms with Gasteiger partial charge >= 0.3 is 0 Å². The Kier molecular flexibility index (Phi) is 10.6. The van der Waals surface area contributed by atoms with Crippen LogP contribution in [-0.2, 0) is 26.2 Å². The molecule has 3 rings (SSSR count). The maximum atomic E-state index is 14.0. The number of nitrogens with zero attached hydrogens (tertiary/aromatic N) is 2. The van der Waals surface area contributed by atoms with Crippen molar-refractivity contribution in [1.82, 2.24) is 10.2 Å². The van der Waals surface area contributed by atoms with Crippen LogP contribution in [0, 0.1) is 12.8 Å². The lowest BCUT2D eigenvalue weighted by molar-refractivity contribution is -0.139. The van der Waals surface area contributed by atoms with Crippen LogP contribution in [0.3, 0.4) is 0 Å². The second-order valence-electron chi connectivity index (χ2n) is 9.94. The van der Waals surface area contributed by atoms with Crippen LogP contribution >= 0.6 is 11.6 Å².